The third-order valence-corrected chi connectivity index (χ3v) is 1.82. The van der Waals surface area contributed by atoms with E-state index in [1.54, 1.807) is 6.07 Å². The van der Waals surface area contributed by atoms with Crippen LogP contribution in [-0.2, 0) is 5.41 Å². The normalized spacial score (nSPS) is 12.7. The number of pyridine rings is 1. The van der Waals surface area contributed by atoms with E-state index in [4.69, 9.17) is 0 Å². The van der Waals surface area contributed by atoms with Gasteiger partial charge in [-0.2, -0.15) is 0 Å². The first-order valence-corrected chi connectivity index (χ1v) is 4.41. The maximum absolute atomic E-state index is 11.8. The van der Waals surface area contributed by atoms with Crippen molar-refractivity contribution in [1.82, 2.24) is 4.98 Å². The van der Waals surface area contributed by atoms with Crippen molar-refractivity contribution in [2.75, 3.05) is 0 Å². The van der Waals surface area contributed by atoms with Gasteiger partial charge in [0.15, 0.2) is 0 Å². The molecule has 0 aliphatic carbocycles. The van der Waals surface area contributed by atoms with Gasteiger partial charge in [-0.1, -0.05) is 26.8 Å². The highest BCUT2D eigenvalue weighted by Gasteiger charge is 2.31. The van der Waals surface area contributed by atoms with E-state index in [1.807, 2.05) is 20.8 Å². The summed E-state index contributed by atoms with van der Waals surface area (Å²) in [6, 6.07) is 2.79. The van der Waals surface area contributed by atoms with Crippen LogP contribution in [0.2, 0.25) is 0 Å². The van der Waals surface area contributed by atoms with Crippen LogP contribution in [0.15, 0.2) is 18.3 Å². The summed E-state index contributed by atoms with van der Waals surface area (Å²) in [6.45, 7) is 5.86. The zero-order chi connectivity index (χ0) is 11.7. The fourth-order valence-corrected chi connectivity index (χ4v) is 1.00. The predicted molar refractivity (Wildman–Crippen MR) is 49.6 cm³/mol. The molecule has 0 saturated heterocycles. The van der Waals surface area contributed by atoms with Crippen LogP contribution < -0.4 is 4.74 Å². The molecule has 5 heteroatoms. The Morgan fingerprint density at radius 3 is 2.07 bits per heavy atom. The highest BCUT2D eigenvalue weighted by Crippen LogP contribution is 2.25. The number of nitrogens with zero attached hydrogens (tertiary/aromatic N) is 1. The molecule has 1 rings (SSSR count). The molecule has 15 heavy (non-hydrogen) atoms. The molecule has 1 aromatic rings. The number of halogens is 3. The van der Waals surface area contributed by atoms with Crippen molar-refractivity contribution < 1.29 is 17.9 Å². The second kappa shape index (κ2) is 3.72. The SMILES string of the molecule is CC(C)(C)c1ccc(OC(F)(F)F)nc1. The molecular weight excluding hydrogens is 207 g/mol. The van der Waals surface area contributed by atoms with E-state index in [0.717, 1.165) is 5.56 Å². The third kappa shape index (κ3) is 3.77. The zero-order valence-electron chi connectivity index (χ0n) is 8.72. The standard InChI is InChI=1S/C10H12F3NO/c1-9(2,3)7-4-5-8(14-6-7)15-10(11,12)13/h4-6H,1-3H3. The molecule has 1 aromatic heterocycles. The van der Waals surface area contributed by atoms with Gasteiger partial charge in [-0.25, -0.2) is 4.98 Å². The van der Waals surface area contributed by atoms with E-state index < -0.39 is 12.2 Å². The molecule has 0 fully saturated rings. The van der Waals surface area contributed by atoms with E-state index in [9.17, 15) is 13.2 Å². The first kappa shape index (κ1) is 11.8. The van der Waals surface area contributed by atoms with Gasteiger partial charge < -0.3 is 4.74 Å². The van der Waals surface area contributed by atoms with Gasteiger partial charge in [0.05, 0.1) is 0 Å². The van der Waals surface area contributed by atoms with Gasteiger partial charge in [-0.05, 0) is 11.0 Å². The van der Waals surface area contributed by atoms with Gasteiger partial charge in [-0.3, -0.25) is 0 Å². The lowest BCUT2D eigenvalue weighted by atomic mass is 9.88. The Labute approximate surface area is 86.1 Å². The lowest BCUT2D eigenvalue weighted by Gasteiger charge is -2.18. The average Bonchev–Trinajstić information content (AvgIpc) is 2.00. The summed E-state index contributed by atoms with van der Waals surface area (Å²) in [6.07, 6.45) is -3.29. The fourth-order valence-electron chi connectivity index (χ4n) is 1.00. The summed E-state index contributed by atoms with van der Waals surface area (Å²) in [4.78, 5) is 3.59. The first-order chi connectivity index (χ1) is 6.68. The van der Waals surface area contributed by atoms with Crippen LogP contribution in [0.25, 0.3) is 0 Å². The Morgan fingerprint density at radius 2 is 1.73 bits per heavy atom. The van der Waals surface area contributed by atoms with E-state index in [1.165, 1.54) is 12.3 Å². The first-order valence-electron chi connectivity index (χ1n) is 4.41. The van der Waals surface area contributed by atoms with Crippen molar-refractivity contribution in [1.29, 1.82) is 0 Å². The summed E-state index contributed by atoms with van der Waals surface area (Å²) in [5.41, 5.74) is 0.723. The Bertz CT molecular complexity index is 324. The average molecular weight is 219 g/mol. The van der Waals surface area contributed by atoms with E-state index in [0.29, 0.717) is 0 Å². The number of ether oxygens (including phenoxy) is 1. The Morgan fingerprint density at radius 1 is 1.13 bits per heavy atom. The van der Waals surface area contributed by atoms with Gasteiger partial charge >= 0.3 is 6.36 Å². The smallest absolute Gasteiger partial charge is 0.388 e. The minimum Gasteiger partial charge on any atom is -0.388 e. The van der Waals surface area contributed by atoms with Crippen molar-refractivity contribution >= 4 is 0 Å². The number of rotatable bonds is 1. The quantitative estimate of drug-likeness (QED) is 0.723. The zero-order valence-corrected chi connectivity index (χ0v) is 8.72. The van der Waals surface area contributed by atoms with Crippen molar-refractivity contribution in [3.05, 3.63) is 23.9 Å². The lowest BCUT2D eigenvalue weighted by Crippen LogP contribution is -2.18. The Kier molecular flexibility index (Phi) is 2.93. The molecule has 2 nitrogen and oxygen atoms in total. The molecule has 0 radical (unpaired) electrons. The number of aromatic nitrogens is 1. The molecule has 0 N–H and O–H groups in total. The van der Waals surface area contributed by atoms with Crippen molar-refractivity contribution in [2.45, 2.75) is 32.5 Å². The largest absolute Gasteiger partial charge is 0.574 e. The van der Waals surface area contributed by atoms with Crippen LogP contribution in [0.5, 0.6) is 5.88 Å². The van der Waals surface area contributed by atoms with Crippen LogP contribution in [0.3, 0.4) is 0 Å². The predicted octanol–water partition coefficient (Wildman–Crippen LogP) is 3.28. The van der Waals surface area contributed by atoms with Gasteiger partial charge in [0, 0.05) is 12.3 Å². The summed E-state index contributed by atoms with van der Waals surface area (Å²) < 4.78 is 39.1. The highest BCUT2D eigenvalue weighted by atomic mass is 19.4. The summed E-state index contributed by atoms with van der Waals surface area (Å²) in [5.74, 6) is -0.435. The second-order valence-corrected chi connectivity index (χ2v) is 4.18. The number of hydrogen-bond donors (Lipinski definition) is 0. The molecule has 84 valence electrons. The molecule has 0 amide bonds. The molecule has 0 aliphatic rings. The molecule has 0 atom stereocenters. The van der Waals surface area contributed by atoms with Crippen molar-refractivity contribution in [3.63, 3.8) is 0 Å². The number of hydrogen-bond acceptors (Lipinski definition) is 2. The summed E-state index contributed by atoms with van der Waals surface area (Å²) in [5, 5.41) is 0. The Hall–Kier alpha value is -1.26. The fraction of sp³-hybridized carbons (Fsp3) is 0.500. The van der Waals surface area contributed by atoms with E-state index >= 15 is 0 Å². The molecule has 0 saturated carbocycles. The van der Waals surface area contributed by atoms with Crippen LogP contribution in [0.1, 0.15) is 26.3 Å². The Balaban J connectivity index is 2.82. The number of alkyl halides is 3. The molecule has 0 aliphatic heterocycles. The van der Waals surface area contributed by atoms with Gasteiger partial charge in [0.1, 0.15) is 0 Å². The molecule has 0 unspecified atom stereocenters. The van der Waals surface area contributed by atoms with Crippen LogP contribution in [-0.4, -0.2) is 11.3 Å². The van der Waals surface area contributed by atoms with Gasteiger partial charge in [0.2, 0.25) is 5.88 Å². The van der Waals surface area contributed by atoms with Crippen LogP contribution in [0.4, 0.5) is 13.2 Å². The molecular formula is C10H12F3NO. The highest BCUT2D eigenvalue weighted by molar-refractivity contribution is 5.23. The molecule has 0 bridgehead atoms. The molecule has 0 aromatic carbocycles. The van der Waals surface area contributed by atoms with Crippen molar-refractivity contribution in [2.24, 2.45) is 0 Å². The van der Waals surface area contributed by atoms with Crippen LogP contribution >= 0.6 is 0 Å². The maximum Gasteiger partial charge on any atom is 0.574 e. The summed E-state index contributed by atoms with van der Waals surface area (Å²) in [7, 11) is 0. The topological polar surface area (TPSA) is 22.1 Å². The monoisotopic (exact) mass is 219 g/mol. The van der Waals surface area contributed by atoms with E-state index in [2.05, 4.69) is 9.72 Å². The minimum absolute atomic E-state index is 0.135. The second-order valence-electron chi connectivity index (χ2n) is 4.18. The van der Waals surface area contributed by atoms with Gasteiger partial charge in [0.25, 0.3) is 0 Å². The summed E-state index contributed by atoms with van der Waals surface area (Å²) >= 11 is 0. The minimum atomic E-state index is -4.68. The molecule has 1 heterocycles. The van der Waals surface area contributed by atoms with E-state index in [-0.39, 0.29) is 5.41 Å². The van der Waals surface area contributed by atoms with Gasteiger partial charge in [-0.15, -0.1) is 13.2 Å². The molecule has 0 spiro atoms. The lowest BCUT2D eigenvalue weighted by molar-refractivity contribution is -0.276. The third-order valence-electron chi connectivity index (χ3n) is 1.82. The maximum atomic E-state index is 11.8. The van der Waals surface area contributed by atoms with Crippen LogP contribution in [0, 0.1) is 0 Å². The van der Waals surface area contributed by atoms with Crippen molar-refractivity contribution in [3.8, 4) is 5.88 Å².